The third kappa shape index (κ3) is 4.08. The summed E-state index contributed by atoms with van der Waals surface area (Å²) < 4.78 is 20.9. The number of halogens is 2. The van der Waals surface area contributed by atoms with E-state index in [1.165, 1.54) is 6.07 Å². The zero-order valence-electron chi connectivity index (χ0n) is 17.8. The van der Waals surface area contributed by atoms with Crippen LogP contribution in [0.25, 0.3) is 22.3 Å². The van der Waals surface area contributed by atoms with E-state index in [4.69, 9.17) is 21.3 Å². The zero-order chi connectivity index (χ0) is 22.2. The van der Waals surface area contributed by atoms with E-state index in [1.807, 2.05) is 32.2 Å². The molecule has 0 aliphatic carbocycles. The van der Waals surface area contributed by atoms with E-state index in [-0.39, 0.29) is 12.0 Å². The van der Waals surface area contributed by atoms with Crippen molar-refractivity contribution in [2.45, 2.75) is 38.7 Å². The Balaban J connectivity index is 1.59. The van der Waals surface area contributed by atoms with E-state index in [2.05, 4.69) is 21.0 Å². The third-order valence-electron chi connectivity index (χ3n) is 5.85. The van der Waals surface area contributed by atoms with E-state index in [0.717, 1.165) is 35.5 Å². The average Bonchev–Trinajstić information content (AvgIpc) is 2.78. The van der Waals surface area contributed by atoms with E-state index < -0.39 is 5.82 Å². The van der Waals surface area contributed by atoms with Crippen molar-refractivity contribution < 1.29 is 9.13 Å². The molecule has 1 aromatic carbocycles. The van der Waals surface area contributed by atoms with Crippen molar-refractivity contribution in [3.63, 3.8) is 0 Å². The van der Waals surface area contributed by atoms with Crippen LogP contribution in [0.15, 0.2) is 48.8 Å². The molecule has 0 N–H and O–H groups in total. The Bertz CT molecular complexity index is 1310. The standard InChI is InChI=1S/C25H22ClFN4O/c1-14-9-17(5-7-28-14)23-10-16(6-8-32-23)21-12-22-25(29-13-15(2)30-22)24(31-21)19-4-3-18(26)11-20(19)27/h3-5,7,9,11-13,16,23H,6,8,10H2,1-2H3. The second-order valence-corrected chi connectivity index (χ2v) is 8.65. The van der Waals surface area contributed by atoms with Crippen molar-refractivity contribution in [3.05, 3.63) is 82.3 Å². The Morgan fingerprint density at radius 1 is 1.03 bits per heavy atom. The van der Waals surface area contributed by atoms with Gasteiger partial charge in [0.05, 0.1) is 17.3 Å². The summed E-state index contributed by atoms with van der Waals surface area (Å²) in [7, 11) is 0. The lowest BCUT2D eigenvalue weighted by molar-refractivity contribution is 0.00460. The number of hydrogen-bond acceptors (Lipinski definition) is 5. The number of pyridine rings is 2. The molecule has 1 aliphatic rings. The molecule has 5 nitrogen and oxygen atoms in total. The maximum Gasteiger partial charge on any atom is 0.134 e. The average molecular weight is 449 g/mol. The minimum Gasteiger partial charge on any atom is -0.373 e. The lowest BCUT2D eigenvalue weighted by Crippen LogP contribution is -2.20. The molecular formula is C25H22ClFN4O. The van der Waals surface area contributed by atoms with Gasteiger partial charge >= 0.3 is 0 Å². The number of aryl methyl sites for hydroxylation is 2. The fraction of sp³-hybridized carbons (Fsp3) is 0.280. The van der Waals surface area contributed by atoms with Crippen molar-refractivity contribution in [2.75, 3.05) is 6.61 Å². The van der Waals surface area contributed by atoms with Gasteiger partial charge in [-0.2, -0.15) is 0 Å². The van der Waals surface area contributed by atoms with Gasteiger partial charge in [-0.05, 0) is 68.7 Å². The summed E-state index contributed by atoms with van der Waals surface area (Å²) in [4.78, 5) is 18.4. The van der Waals surface area contributed by atoms with Gasteiger partial charge in [-0.25, -0.2) is 14.4 Å². The molecule has 5 rings (SSSR count). The molecule has 0 radical (unpaired) electrons. The summed E-state index contributed by atoms with van der Waals surface area (Å²) >= 11 is 5.98. The third-order valence-corrected chi connectivity index (χ3v) is 6.09. The molecule has 7 heteroatoms. The lowest BCUT2D eigenvalue weighted by atomic mass is 9.88. The summed E-state index contributed by atoms with van der Waals surface area (Å²) in [6, 6.07) is 10.7. The molecule has 0 saturated carbocycles. The molecule has 0 spiro atoms. The predicted octanol–water partition coefficient (Wildman–Crippen LogP) is 6.13. The van der Waals surface area contributed by atoms with Gasteiger partial charge in [-0.15, -0.1) is 0 Å². The van der Waals surface area contributed by atoms with Gasteiger partial charge in [0.1, 0.15) is 17.0 Å². The number of hydrogen-bond donors (Lipinski definition) is 0. The number of benzene rings is 1. The van der Waals surface area contributed by atoms with E-state index in [1.54, 1.807) is 18.3 Å². The maximum atomic E-state index is 14.8. The molecule has 162 valence electrons. The maximum absolute atomic E-state index is 14.8. The first-order valence-electron chi connectivity index (χ1n) is 10.6. The van der Waals surface area contributed by atoms with Crippen LogP contribution in [0, 0.1) is 19.7 Å². The van der Waals surface area contributed by atoms with E-state index in [0.29, 0.717) is 33.9 Å². The van der Waals surface area contributed by atoms with Gasteiger partial charge in [-0.3, -0.25) is 9.97 Å². The van der Waals surface area contributed by atoms with Crippen molar-refractivity contribution >= 4 is 22.6 Å². The van der Waals surface area contributed by atoms with Gasteiger partial charge in [0, 0.05) is 46.9 Å². The smallest absolute Gasteiger partial charge is 0.134 e. The topological polar surface area (TPSA) is 60.8 Å². The summed E-state index contributed by atoms with van der Waals surface area (Å²) in [5.74, 6) is -0.272. The molecule has 1 saturated heterocycles. The highest BCUT2D eigenvalue weighted by molar-refractivity contribution is 6.30. The quantitative estimate of drug-likeness (QED) is 0.377. The summed E-state index contributed by atoms with van der Waals surface area (Å²) in [5, 5.41) is 0.341. The Morgan fingerprint density at radius 2 is 1.91 bits per heavy atom. The van der Waals surface area contributed by atoms with Crippen LogP contribution in [0.1, 0.15) is 47.5 Å². The molecule has 4 heterocycles. The first-order valence-corrected chi connectivity index (χ1v) is 11.0. The Morgan fingerprint density at radius 3 is 2.72 bits per heavy atom. The molecule has 0 amide bonds. The molecule has 0 bridgehead atoms. The zero-order valence-corrected chi connectivity index (χ0v) is 18.6. The van der Waals surface area contributed by atoms with Gasteiger partial charge < -0.3 is 4.74 Å². The van der Waals surface area contributed by atoms with Crippen LogP contribution in [0.3, 0.4) is 0 Å². The van der Waals surface area contributed by atoms with Crippen molar-refractivity contribution in [1.29, 1.82) is 0 Å². The Kier molecular flexibility index (Phi) is 5.57. The van der Waals surface area contributed by atoms with Crippen LogP contribution in [0.4, 0.5) is 4.39 Å². The Hall–Kier alpha value is -2.96. The van der Waals surface area contributed by atoms with E-state index in [9.17, 15) is 4.39 Å². The van der Waals surface area contributed by atoms with Crippen molar-refractivity contribution in [2.24, 2.45) is 0 Å². The van der Waals surface area contributed by atoms with Gasteiger partial charge in [0.2, 0.25) is 0 Å². The van der Waals surface area contributed by atoms with Crippen molar-refractivity contribution in [3.8, 4) is 11.3 Å². The Labute approximate surface area is 190 Å². The lowest BCUT2D eigenvalue weighted by Gasteiger charge is -2.30. The molecule has 1 aliphatic heterocycles. The predicted molar refractivity (Wildman–Crippen MR) is 122 cm³/mol. The second kappa shape index (κ2) is 8.52. The number of rotatable bonds is 3. The highest BCUT2D eigenvalue weighted by Crippen LogP contribution is 2.39. The molecule has 2 atom stereocenters. The number of fused-ring (bicyclic) bond motifs is 1. The molecule has 4 aromatic rings. The largest absolute Gasteiger partial charge is 0.373 e. The molecule has 32 heavy (non-hydrogen) atoms. The van der Waals surface area contributed by atoms with Crippen LogP contribution >= 0.6 is 11.6 Å². The molecular weight excluding hydrogens is 427 g/mol. The fourth-order valence-electron chi connectivity index (χ4n) is 4.28. The van der Waals surface area contributed by atoms with Crippen molar-refractivity contribution in [1.82, 2.24) is 19.9 Å². The number of nitrogens with zero attached hydrogens (tertiary/aromatic N) is 4. The second-order valence-electron chi connectivity index (χ2n) is 8.21. The monoisotopic (exact) mass is 448 g/mol. The summed E-state index contributed by atoms with van der Waals surface area (Å²) in [6.45, 7) is 4.49. The minimum atomic E-state index is -0.428. The van der Waals surface area contributed by atoms with Crippen LogP contribution in [0.5, 0.6) is 0 Å². The fourth-order valence-corrected chi connectivity index (χ4v) is 4.44. The number of ether oxygens (including phenoxy) is 1. The first kappa shape index (κ1) is 20.9. The highest BCUT2D eigenvalue weighted by atomic mass is 35.5. The van der Waals surface area contributed by atoms with Crippen LogP contribution in [-0.2, 0) is 4.74 Å². The first-order chi connectivity index (χ1) is 15.5. The van der Waals surface area contributed by atoms with Gasteiger partial charge in [0.15, 0.2) is 0 Å². The number of aromatic nitrogens is 4. The van der Waals surface area contributed by atoms with Gasteiger partial charge in [-0.1, -0.05) is 11.6 Å². The van der Waals surface area contributed by atoms with Crippen LogP contribution in [0.2, 0.25) is 5.02 Å². The molecule has 2 unspecified atom stereocenters. The van der Waals surface area contributed by atoms with Gasteiger partial charge in [0.25, 0.3) is 0 Å². The highest BCUT2D eigenvalue weighted by Gasteiger charge is 2.28. The summed E-state index contributed by atoms with van der Waals surface area (Å²) in [6.07, 6.45) is 5.07. The van der Waals surface area contributed by atoms with Crippen LogP contribution in [-0.4, -0.2) is 26.5 Å². The van der Waals surface area contributed by atoms with E-state index >= 15 is 0 Å². The SMILES string of the molecule is Cc1cc(C2CC(c3cc4nc(C)cnc4c(-c4ccc(Cl)cc4F)n3)CCO2)ccn1. The van der Waals surface area contributed by atoms with Crippen LogP contribution < -0.4 is 0 Å². The molecule has 1 fully saturated rings. The summed E-state index contributed by atoms with van der Waals surface area (Å²) in [5.41, 5.74) is 5.90. The minimum absolute atomic E-state index is 0.0349. The normalized spacial score (nSPS) is 18.8. The molecule has 3 aromatic heterocycles.